The van der Waals surface area contributed by atoms with Gasteiger partial charge in [-0.2, -0.15) is 5.26 Å². The molecule has 1 aromatic carbocycles. The minimum atomic E-state index is -0.468. The van der Waals surface area contributed by atoms with Crippen LogP contribution in [-0.4, -0.2) is 42.2 Å². The van der Waals surface area contributed by atoms with Crippen molar-refractivity contribution in [1.82, 2.24) is 4.90 Å². The molecule has 1 amide bonds. The molecule has 0 radical (unpaired) electrons. The van der Waals surface area contributed by atoms with E-state index in [9.17, 15) is 9.90 Å². The summed E-state index contributed by atoms with van der Waals surface area (Å²) in [4.78, 5) is 13.4. The molecule has 5 nitrogen and oxygen atoms in total. The Morgan fingerprint density at radius 3 is 2.94 bits per heavy atom. The lowest BCUT2D eigenvalue weighted by molar-refractivity contribution is -0.117. The first-order valence-corrected chi connectivity index (χ1v) is 5.68. The van der Waals surface area contributed by atoms with Gasteiger partial charge in [0.1, 0.15) is 0 Å². The van der Waals surface area contributed by atoms with Crippen LogP contribution >= 0.6 is 0 Å². The third kappa shape index (κ3) is 4.95. The van der Waals surface area contributed by atoms with Gasteiger partial charge in [-0.05, 0) is 32.2 Å². The van der Waals surface area contributed by atoms with Gasteiger partial charge in [-0.15, -0.1) is 0 Å². The maximum absolute atomic E-state index is 11.7. The van der Waals surface area contributed by atoms with Gasteiger partial charge in [-0.25, -0.2) is 0 Å². The second kappa shape index (κ2) is 6.74. The van der Waals surface area contributed by atoms with E-state index in [1.807, 2.05) is 6.07 Å². The van der Waals surface area contributed by atoms with E-state index in [0.717, 1.165) is 0 Å². The Balaban J connectivity index is 2.52. The van der Waals surface area contributed by atoms with Crippen molar-refractivity contribution in [1.29, 1.82) is 5.26 Å². The highest BCUT2D eigenvalue weighted by Gasteiger charge is 2.09. The summed E-state index contributed by atoms with van der Waals surface area (Å²) in [6.07, 6.45) is -0.468. The quantitative estimate of drug-likeness (QED) is 0.807. The second-order valence-electron chi connectivity index (χ2n) is 4.29. The molecule has 96 valence electrons. The van der Waals surface area contributed by atoms with Gasteiger partial charge >= 0.3 is 0 Å². The molecule has 1 rings (SSSR count). The number of nitrogens with zero attached hydrogens (tertiary/aromatic N) is 2. The van der Waals surface area contributed by atoms with E-state index >= 15 is 0 Å². The van der Waals surface area contributed by atoms with Crippen molar-refractivity contribution < 1.29 is 9.90 Å². The van der Waals surface area contributed by atoms with Crippen molar-refractivity contribution in [3.05, 3.63) is 29.8 Å². The van der Waals surface area contributed by atoms with E-state index in [-0.39, 0.29) is 12.5 Å². The van der Waals surface area contributed by atoms with Crippen molar-refractivity contribution in [2.24, 2.45) is 0 Å². The van der Waals surface area contributed by atoms with Crippen molar-refractivity contribution in [3.63, 3.8) is 0 Å². The molecule has 18 heavy (non-hydrogen) atoms. The number of carbonyl (C=O) groups excluding carboxylic acids is 1. The number of anilines is 1. The van der Waals surface area contributed by atoms with Crippen LogP contribution in [0.5, 0.6) is 0 Å². The molecule has 0 heterocycles. The standard InChI is InChI=1S/C13H17N3O2/c1-10(17)8-16(2)9-13(18)15-12-5-3-4-11(6-12)7-14/h3-6,10,17H,8-9H2,1-2H3,(H,15,18). The summed E-state index contributed by atoms with van der Waals surface area (Å²) in [7, 11) is 1.76. The van der Waals surface area contributed by atoms with E-state index in [1.165, 1.54) is 0 Å². The normalized spacial score (nSPS) is 11.9. The van der Waals surface area contributed by atoms with Gasteiger partial charge in [0.15, 0.2) is 0 Å². The zero-order valence-corrected chi connectivity index (χ0v) is 10.6. The Bertz CT molecular complexity index is 452. The Morgan fingerprint density at radius 2 is 2.33 bits per heavy atom. The fraction of sp³-hybridized carbons (Fsp3) is 0.385. The third-order valence-corrected chi connectivity index (χ3v) is 2.26. The summed E-state index contributed by atoms with van der Waals surface area (Å²) in [6, 6.07) is 8.75. The predicted octanol–water partition coefficient (Wildman–Crippen LogP) is 0.809. The van der Waals surface area contributed by atoms with Crippen molar-refractivity contribution in [2.45, 2.75) is 13.0 Å². The molecule has 0 saturated heterocycles. The van der Waals surface area contributed by atoms with Crippen LogP contribution < -0.4 is 5.32 Å². The molecule has 0 spiro atoms. The van der Waals surface area contributed by atoms with Gasteiger partial charge in [0.05, 0.1) is 24.3 Å². The summed E-state index contributed by atoms with van der Waals surface area (Å²) in [5, 5.41) is 20.6. The number of aliphatic hydroxyl groups is 1. The Morgan fingerprint density at radius 1 is 1.61 bits per heavy atom. The summed E-state index contributed by atoms with van der Waals surface area (Å²) in [5.41, 5.74) is 1.11. The average Bonchev–Trinajstić information content (AvgIpc) is 2.27. The van der Waals surface area contributed by atoms with Crippen LogP contribution in [-0.2, 0) is 4.79 Å². The minimum absolute atomic E-state index is 0.173. The van der Waals surface area contributed by atoms with Gasteiger partial charge < -0.3 is 10.4 Å². The lowest BCUT2D eigenvalue weighted by Crippen LogP contribution is -2.34. The maximum Gasteiger partial charge on any atom is 0.238 e. The van der Waals surface area contributed by atoms with E-state index in [2.05, 4.69) is 5.32 Å². The lowest BCUT2D eigenvalue weighted by Gasteiger charge is -2.17. The van der Waals surface area contributed by atoms with Crippen molar-refractivity contribution in [3.8, 4) is 6.07 Å². The van der Waals surface area contributed by atoms with E-state index in [0.29, 0.717) is 17.8 Å². The summed E-state index contributed by atoms with van der Waals surface area (Å²) in [5.74, 6) is -0.173. The molecular formula is C13H17N3O2. The van der Waals surface area contributed by atoms with Crippen LogP contribution in [0.3, 0.4) is 0 Å². The highest BCUT2D eigenvalue weighted by atomic mass is 16.3. The van der Waals surface area contributed by atoms with Crippen LogP contribution in [0.2, 0.25) is 0 Å². The molecule has 0 aliphatic heterocycles. The number of nitriles is 1. The number of rotatable bonds is 5. The molecule has 0 aromatic heterocycles. The number of likely N-dealkylation sites (N-methyl/N-ethyl adjacent to an activating group) is 1. The lowest BCUT2D eigenvalue weighted by atomic mass is 10.2. The second-order valence-corrected chi connectivity index (χ2v) is 4.29. The van der Waals surface area contributed by atoms with Gasteiger partial charge in [-0.1, -0.05) is 6.07 Å². The monoisotopic (exact) mass is 247 g/mol. The summed E-state index contributed by atoms with van der Waals surface area (Å²) < 4.78 is 0. The number of benzene rings is 1. The van der Waals surface area contributed by atoms with Gasteiger partial charge in [-0.3, -0.25) is 9.69 Å². The number of hydrogen-bond acceptors (Lipinski definition) is 4. The number of carbonyl (C=O) groups is 1. The highest BCUT2D eigenvalue weighted by molar-refractivity contribution is 5.92. The zero-order chi connectivity index (χ0) is 13.5. The average molecular weight is 247 g/mol. The first kappa shape index (κ1) is 14.2. The number of aliphatic hydroxyl groups excluding tert-OH is 1. The smallest absolute Gasteiger partial charge is 0.238 e. The molecule has 1 unspecified atom stereocenters. The van der Waals surface area contributed by atoms with Crippen LogP contribution in [0.25, 0.3) is 0 Å². The fourth-order valence-electron chi connectivity index (χ4n) is 1.63. The molecular weight excluding hydrogens is 230 g/mol. The SMILES string of the molecule is CC(O)CN(C)CC(=O)Nc1cccc(C#N)c1. The van der Waals surface area contributed by atoms with Crippen molar-refractivity contribution in [2.75, 3.05) is 25.5 Å². The largest absolute Gasteiger partial charge is 0.392 e. The molecule has 0 saturated carbocycles. The number of amides is 1. The van der Waals surface area contributed by atoms with Crippen LogP contribution in [0.15, 0.2) is 24.3 Å². The summed E-state index contributed by atoms with van der Waals surface area (Å²) in [6.45, 7) is 2.30. The Hall–Kier alpha value is -1.90. The highest BCUT2D eigenvalue weighted by Crippen LogP contribution is 2.09. The van der Waals surface area contributed by atoms with E-state index in [1.54, 1.807) is 43.1 Å². The number of nitrogens with one attached hydrogen (secondary N) is 1. The molecule has 0 aliphatic rings. The molecule has 1 atom stereocenters. The molecule has 0 fully saturated rings. The predicted molar refractivity (Wildman–Crippen MR) is 69.0 cm³/mol. The van der Waals surface area contributed by atoms with Gasteiger partial charge in [0.2, 0.25) is 5.91 Å². The van der Waals surface area contributed by atoms with Crippen LogP contribution in [0.4, 0.5) is 5.69 Å². The van der Waals surface area contributed by atoms with Gasteiger partial charge in [0.25, 0.3) is 0 Å². The van der Waals surface area contributed by atoms with E-state index < -0.39 is 6.10 Å². The molecule has 5 heteroatoms. The first-order valence-electron chi connectivity index (χ1n) is 5.68. The first-order chi connectivity index (χ1) is 8.51. The Labute approximate surface area is 107 Å². The zero-order valence-electron chi connectivity index (χ0n) is 10.6. The Kier molecular flexibility index (Phi) is 5.31. The molecule has 2 N–H and O–H groups in total. The minimum Gasteiger partial charge on any atom is -0.392 e. The maximum atomic E-state index is 11.7. The molecule has 1 aromatic rings. The fourth-order valence-corrected chi connectivity index (χ4v) is 1.63. The summed E-state index contributed by atoms with van der Waals surface area (Å²) >= 11 is 0. The third-order valence-electron chi connectivity index (χ3n) is 2.26. The van der Waals surface area contributed by atoms with Crippen molar-refractivity contribution >= 4 is 11.6 Å². The van der Waals surface area contributed by atoms with Crippen LogP contribution in [0, 0.1) is 11.3 Å². The molecule has 0 aliphatic carbocycles. The van der Waals surface area contributed by atoms with E-state index in [4.69, 9.17) is 5.26 Å². The number of hydrogen-bond donors (Lipinski definition) is 2. The van der Waals surface area contributed by atoms with Crippen LogP contribution in [0.1, 0.15) is 12.5 Å². The van der Waals surface area contributed by atoms with Gasteiger partial charge in [0, 0.05) is 12.2 Å². The molecule has 0 bridgehead atoms. The topological polar surface area (TPSA) is 76.4 Å².